The maximum atomic E-state index is 12.1. The topological polar surface area (TPSA) is 35.5 Å². The van der Waals surface area contributed by atoms with Crippen LogP contribution < -0.4 is 4.74 Å². The predicted octanol–water partition coefficient (Wildman–Crippen LogP) is 4.31. The van der Waals surface area contributed by atoms with Crippen molar-refractivity contribution in [2.75, 3.05) is 0 Å². The van der Waals surface area contributed by atoms with E-state index in [1.165, 1.54) is 5.56 Å². The van der Waals surface area contributed by atoms with Crippen LogP contribution in [0, 0.1) is 0 Å². The third kappa shape index (κ3) is 4.87. The van der Waals surface area contributed by atoms with E-state index in [1.807, 2.05) is 45.0 Å². The number of carbonyl (C=O) groups excluding carboxylic acids is 1. The van der Waals surface area contributed by atoms with Crippen LogP contribution in [-0.2, 0) is 9.53 Å². The first-order valence-electron chi connectivity index (χ1n) is 7.04. The van der Waals surface area contributed by atoms with Crippen LogP contribution in [0.3, 0.4) is 0 Å². The number of rotatable bonds is 4. The first-order chi connectivity index (χ1) is 9.01. The molecule has 20 heavy (non-hydrogen) atoms. The second kappa shape index (κ2) is 5.86. The van der Waals surface area contributed by atoms with Gasteiger partial charge in [-0.3, -0.25) is 0 Å². The van der Waals surface area contributed by atoms with E-state index in [0.29, 0.717) is 11.7 Å². The molecule has 0 aliphatic rings. The van der Waals surface area contributed by atoms with E-state index >= 15 is 0 Å². The smallest absolute Gasteiger partial charge is 0.350 e. The summed E-state index contributed by atoms with van der Waals surface area (Å²) < 4.78 is 11.1. The molecule has 3 nitrogen and oxygen atoms in total. The molecule has 112 valence electrons. The Hall–Kier alpha value is -1.51. The third-order valence-corrected chi connectivity index (χ3v) is 2.81. The molecule has 0 heterocycles. The third-order valence-electron chi connectivity index (χ3n) is 2.81. The van der Waals surface area contributed by atoms with Gasteiger partial charge in [0.15, 0.2) is 5.60 Å². The summed E-state index contributed by atoms with van der Waals surface area (Å²) in [4.78, 5) is 12.1. The first kappa shape index (κ1) is 16.5. The maximum absolute atomic E-state index is 12.1. The van der Waals surface area contributed by atoms with Gasteiger partial charge in [0.25, 0.3) is 0 Å². The highest BCUT2D eigenvalue weighted by atomic mass is 16.6. The zero-order valence-electron chi connectivity index (χ0n) is 13.6. The van der Waals surface area contributed by atoms with E-state index in [-0.39, 0.29) is 5.97 Å². The molecular weight excluding hydrogens is 252 g/mol. The van der Waals surface area contributed by atoms with Crippen LogP contribution >= 0.6 is 0 Å². The van der Waals surface area contributed by atoms with E-state index in [4.69, 9.17) is 9.47 Å². The summed E-state index contributed by atoms with van der Waals surface area (Å²) in [5.74, 6) is 0.783. The van der Waals surface area contributed by atoms with Gasteiger partial charge in [-0.2, -0.15) is 0 Å². The molecule has 1 rings (SSSR count). The van der Waals surface area contributed by atoms with Crippen LogP contribution in [0.25, 0.3) is 0 Å². The fraction of sp³-hybridized carbons (Fsp3) is 0.588. The molecule has 0 radical (unpaired) electrons. The van der Waals surface area contributed by atoms with E-state index in [0.717, 1.165) is 0 Å². The molecular formula is C17H26O3. The average molecular weight is 278 g/mol. The van der Waals surface area contributed by atoms with Crippen molar-refractivity contribution in [3.8, 4) is 5.75 Å². The summed E-state index contributed by atoms with van der Waals surface area (Å²) in [6.45, 7) is 13.3. The Kier molecular flexibility index (Phi) is 4.85. The lowest BCUT2D eigenvalue weighted by molar-refractivity contribution is -0.170. The van der Waals surface area contributed by atoms with Crippen LogP contribution in [0.1, 0.15) is 59.9 Å². The van der Waals surface area contributed by atoms with E-state index in [2.05, 4.69) is 13.8 Å². The number of carbonyl (C=O) groups is 1. The normalized spacial score (nSPS) is 12.4. The van der Waals surface area contributed by atoms with Crippen molar-refractivity contribution in [2.45, 2.75) is 65.6 Å². The van der Waals surface area contributed by atoms with E-state index in [9.17, 15) is 4.79 Å². The summed E-state index contributed by atoms with van der Waals surface area (Å²) in [7, 11) is 0. The molecule has 0 aliphatic carbocycles. The van der Waals surface area contributed by atoms with Crippen molar-refractivity contribution in [1.29, 1.82) is 0 Å². The fourth-order valence-corrected chi connectivity index (χ4v) is 1.66. The summed E-state index contributed by atoms with van der Waals surface area (Å²) >= 11 is 0. The van der Waals surface area contributed by atoms with Gasteiger partial charge in [-0.05, 0) is 58.2 Å². The van der Waals surface area contributed by atoms with Gasteiger partial charge in [0.05, 0.1) is 0 Å². The van der Waals surface area contributed by atoms with Crippen molar-refractivity contribution in [1.82, 2.24) is 0 Å². The number of hydrogen-bond donors (Lipinski definition) is 0. The Bertz CT molecular complexity index is 450. The number of esters is 1. The first-order valence-corrected chi connectivity index (χ1v) is 7.04. The molecule has 0 saturated carbocycles. The summed E-state index contributed by atoms with van der Waals surface area (Å²) in [6, 6.07) is 7.82. The highest BCUT2D eigenvalue weighted by molar-refractivity contribution is 5.79. The van der Waals surface area contributed by atoms with Crippen LogP contribution in [0.4, 0.5) is 0 Å². The van der Waals surface area contributed by atoms with Crippen LogP contribution in [0.15, 0.2) is 24.3 Å². The molecule has 0 saturated heterocycles. The monoisotopic (exact) mass is 278 g/mol. The number of ether oxygens (including phenoxy) is 2. The average Bonchev–Trinajstić information content (AvgIpc) is 2.26. The van der Waals surface area contributed by atoms with Crippen molar-refractivity contribution < 1.29 is 14.3 Å². The second-order valence-electron chi connectivity index (χ2n) is 6.84. The second-order valence-corrected chi connectivity index (χ2v) is 6.84. The fourth-order valence-electron chi connectivity index (χ4n) is 1.66. The quantitative estimate of drug-likeness (QED) is 0.770. The van der Waals surface area contributed by atoms with Gasteiger partial charge in [-0.1, -0.05) is 26.0 Å². The highest BCUT2D eigenvalue weighted by Gasteiger charge is 2.34. The molecule has 0 atom stereocenters. The SMILES string of the molecule is CC(C)c1ccc(OC(C)(C)C(=O)OC(C)(C)C)cc1. The molecule has 0 aliphatic heterocycles. The molecule has 1 aromatic carbocycles. The molecule has 0 N–H and O–H groups in total. The molecule has 1 aromatic rings. The number of benzene rings is 1. The largest absolute Gasteiger partial charge is 0.476 e. The number of hydrogen-bond acceptors (Lipinski definition) is 3. The van der Waals surface area contributed by atoms with E-state index < -0.39 is 11.2 Å². The summed E-state index contributed by atoms with van der Waals surface area (Å²) in [5, 5.41) is 0. The standard InChI is InChI=1S/C17H26O3/c1-12(2)13-8-10-14(11-9-13)19-17(6,7)15(18)20-16(3,4)5/h8-12H,1-7H3. The van der Waals surface area contributed by atoms with Crippen LogP contribution in [0.5, 0.6) is 5.75 Å². The van der Waals surface area contributed by atoms with Crippen molar-refractivity contribution in [3.63, 3.8) is 0 Å². The van der Waals surface area contributed by atoms with Gasteiger partial charge >= 0.3 is 5.97 Å². The Labute approximate surface area is 122 Å². The van der Waals surface area contributed by atoms with Crippen LogP contribution in [0.2, 0.25) is 0 Å². The van der Waals surface area contributed by atoms with Gasteiger partial charge in [-0.25, -0.2) is 4.79 Å². The molecule has 0 aromatic heterocycles. The zero-order chi connectivity index (χ0) is 15.6. The Morgan fingerprint density at radius 3 is 1.90 bits per heavy atom. The molecule has 0 unspecified atom stereocenters. The van der Waals surface area contributed by atoms with Gasteiger partial charge in [-0.15, -0.1) is 0 Å². The highest BCUT2D eigenvalue weighted by Crippen LogP contribution is 2.24. The lowest BCUT2D eigenvalue weighted by Crippen LogP contribution is -2.43. The minimum atomic E-state index is -1.01. The van der Waals surface area contributed by atoms with Gasteiger partial charge < -0.3 is 9.47 Å². The Morgan fingerprint density at radius 1 is 1.00 bits per heavy atom. The van der Waals surface area contributed by atoms with Crippen molar-refractivity contribution in [3.05, 3.63) is 29.8 Å². The van der Waals surface area contributed by atoms with Gasteiger partial charge in [0.1, 0.15) is 11.4 Å². The molecule has 0 fully saturated rings. The van der Waals surface area contributed by atoms with Gasteiger partial charge in [0.2, 0.25) is 0 Å². The zero-order valence-corrected chi connectivity index (χ0v) is 13.6. The Balaban J connectivity index is 2.77. The van der Waals surface area contributed by atoms with Crippen molar-refractivity contribution >= 4 is 5.97 Å². The molecule has 3 heteroatoms. The predicted molar refractivity (Wildman–Crippen MR) is 81.1 cm³/mol. The summed E-state index contributed by atoms with van der Waals surface area (Å²) in [6.07, 6.45) is 0. The minimum absolute atomic E-state index is 0.363. The molecule has 0 bridgehead atoms. The minimum Gasteiger partial charge on any atom is -0.476 e. The van der Waals surface area contributed by atoms with Gasteiger partial charge in [0, 0.05) is 0 Å². The van der Waals surface area contributed by atoms with Crippen LogP contribution in [-0.4, -0.2) is 17.2 Å². The van der Waals surface area contributed by atoms with E-state index in [1.54, 1.807) is 13.8 Å². The molecule has 0 spiro atoms. The summed E-state index contributed by atoms with van der Waals surface area (Å²) in [5.41, 5.74) is -0.279. The lowest BCUT2D eigenvalue weighted by atomic mass is 10.0. The lowest BCUT2D eigenvalue weighted by Gasteiger charge is -2.29. The maximum Gasteiger partial charge on any atom is 0.350 e. The van der Waals surface area contributed by atoms with Crippen molar-refractivity contribution in [2.24, 2.45) is 0 Å². The molecule has 0 amide bonds. The Morgan fingerprint density at radius 2 is 1.50 bits per heavy atom.